The van der Waals surface area contributed by atoms with Gasteiger partial charge in [0.1, 0.15) is 5.82 Å². The van der Waals surface area contributed by atoms with Crippen molar-refractivity contribution in [2.45, 2.75) is 33.6 Å². The van der Waals surface area contributed by atoms with Crippen LogP contribution in [0.4, 0.5) is 5.82 Å². The molecule has 1 aromatic carbocycles. The summed E-state index contributed by atoms with van der Waals surface area (Å²) >= 11 is 0. The molecule has 0 saturated carbocycles. The van der Waals surface area contributed by atoms with Crippen LogP contribution in [-0.4, -0.2) is 64.3 Å². The highest BCUT2D eigenvalue weighted by Gasteiger charge is 2.19. The molecule has 35 heavy (non-hydrogen) atoms. The number of aliphatic hydroxyl groups excluding tert-OH is 1. The second-order valence-electron chi connectivity index (χ2n) is 9.92. The molecule has 4 aromatic rings. The molecule has 182 valence electrons. The number of aromatic nitrogens is 3. The number of aliphatic hydroxyl groups is 1. The molecule has 4 heterocycles. The molecule has 1 aliphatic rings. The SMILES string of the molecule is Cc1cc(-c2[nH]c3ccc(-c4ccc(N5CCN(CCO)CC5)nc4)cc3c2C(C)C)cc(C)n1. The van der Waals surface area contributed by atoms with Gasteiger partial charge in [0.05, 0.1) is 12.3 Å². The van der Waals surface area contributed by atoms with Crippen LogP contribution in [0.5, 0.6) is 0 Å². The Kier molecular flexibility index (Phi) is 6.58. The van der Waals surface area contributed by atoms with Gasteiger partial charge in [-0.2, -0.15) is 0 Å². The number of pyridine rings is 2. The molecule has 1 saturated heterocycles. The average Bonchev–Trinajstić information content (AvgIpc) is 3.24. The van der Waals surface area contributed by atoms with Crippen molar-refractivity contribution in [3.8, 4) is 22.4 Å². The molecular weight excluding hydrogens is 434 g/mol. The summed E-state index contributed by atoms with van der Waals surface area (Å²) < 4.78 is 0. The first-order chi connectivity index (χ1) is 16.9. The maximum atomic E-state index is 9.16. The van der Waals surface area contributed by atoms with Crippen LogP contribution in [-0.2, 0) is 0 Å². The van der Waals surface area contributed by atoms with Crippen LogP contribution < -0.4 is 4.90 Å². The van der Waals surface area contributed by atoms with Crippen molar-refractivity contribution >= 4 is 16.7 Å². The van der Waals surface area contributed by atoms with Crippen LogP contribution in [0.2, 0.25) is 0 Å². The van der Waals surface area contributed by atoms with Gasteiger partial charge < -0.3 is 15.0 Å². The molecule has 0 spiro atoms. The highest BCUT2D eigenvalue weighted by atomic mass is 16.3. The van der Waals surface area contributed by atoms with E-state index in [4.69, 9.17) is 10.1 Å². The Balaban J connectivity index is 1.45. The van der Waals surface area contributed by atoms with Gasteiger partial charge in [0.15, 0.2) is 0 Å². The van der Waals surface area contributed by atoms with Crippen LogP contribution >= 0.6 is 0 Å². The van der Waals surface area contributed by atoms with E-state index in [-0.39, 0.29) is 6.61 Å². The molecule has 0 unspecified atom stereocenters. The quantitative estimate of drug-likeness (QED) is 0.409. The van der Waals surface area contributed by atoms with Crippen LogP contribution in [0.1, 0.15) is 36.7 Å². The second-order valence-corrected chi connectivity index (χ2v) is 9.92. The monoisotopic (exact) mass is 469 g/mol. The lowest BCUT2D eigenvalue weighted by Gasteiger charge is -2.35. The summed E-state index contributed by atoms with van der Waals surface area (Å²) in [5, 5.41) is 10.4. The van der Waals surface area contributed by atoms with E-state index in [9.17, 15) is 0 Å². The molecule has 0 radical (unpaired) electrons. The molecule has 1 fully saturated rings. The van der Waals surface area contributed by atoms with Crippen LogP contribution in [0, 0.1) is 13.8 Å². The first kappa shape index (κ1) is 23.5. The van der Waals surface area contributed by atoms with Crippen LogP contribution in [0.15, 0.2) is 48.7 Å². The van der Waals surface area contributed by atoms with Crippen molar-refractivity contribution < 1.29 is 5.11 Å². The molecule has 3 aromatic heterocycles. The summed E-state index contributed by atoms with van der Waals surface area (Å²) in [6.07, 6.45) is 1.99. The van der Waals surface area contributed by atoms with Crippen LogP contribution in [0.25, 0.3) is 33.3 Å². The van der Waals surface area contributed by atoms with E-state index >= 15 is 0 Å². The third-order valence-electron chi connectivity index (χ3n) is 6.98. The minimum Gasteiger partial charge on any atom is -0.395 e. The number of β-amino-alcohol motifs (C(OH)–C–C–N with tert-alkyl or cyclic N) is 1. The molecule has 6 heteroatoms. The molecule has 1 aliphatic heterocycles. The van der Waals surface area contributed by atoms with Crippen molar-refractivity contribution in [1.82, 2.24) is 19.9 Å². The van der Waals surface area contributed by atoms with Gasteiger partial charge >= 0.3 is 0 Å². The summed E-state index contributed by atoms with van der Waals surface area (Å²) in [5.41, 5.74) is 9.27. The number of H-pyrrole nitrogens is 1. The number of anilines is 1. The van der Waals surface area contributed by atoms with Gasteiger partial charge in [0.25, 0.3) is 0 Å². The van der Waals surface area contributed by atoms with E-state index in [1.54, 1.807) is 0 Å². The molecule has 0 amide bonds. The van der Waals surface area contributed by atoms with Gasteiger partial charge in [-0.15, -0.1) is 0 Å². The number of hydrogen-bond donors (Lipinski definition) is 2. The topological polar surface area (TPSA) is 68.3 Å². The Hall–Kier alpha value is -3.22. The third-order valence-corrected chi connectivity index (χ3v) is 6.98. The fraction of sp³-hybridized carbons (Fsp3) is 0.379. The zero-order valence-electron chi connectivity index (χ0n) is 21.2. The first-order valence-corrected chi connectivity index (χ1v) is 12.6. The first-order valence-electron chi connectivity index (χ1n) is 12.6. The normalized spacial score (nSPS) is 14.9. The predicted molar refractivity (Wildman–Crippen MR) is 144 cm³/mol. The molecule has 0 aliphatic carbocycles. The average molecular weight is 470 g/mol. The fourth-order valence-corrected chi connectivity index (χ4v) is 5.28. The zero-order valence-corrected chi connectivity index (χ0v) is 21.2. The predicted octanol–water partition coefficient (Wildman–Crippen LogP) is 5.15. The zero-order chi connectivity index (χ0) is 24.5. The standard InChI is InChI=1S/C29H35N5O/c1-19(2)28-25-17-22(5-7-26(25)32-29(28)24-15-20(3)31-21(4)16-24)23-6-8-27(30-18-23)34-11-9-33(10-12-34)13-14-35/h5-8,15-19,32,35H,9-14H2,1-4H3. The number of benzene rings is 1. The molecular formula is C29H35N5O. The number of piperazine rings is 1. The number of aryl methyl sites for hydroxylation is 2. The lowest BCUT2D eigenvalue weighted by molar-refractivity contribution is 0.188. The van der Waals surface area contributed by atoms with Crippen molar-refractivity contribution in [1.29, 1.82) is 0 Å². The summed E-state index contributed by atoms with van der Waals surface area (Å²) in [7, 11) is 0. The van der Waals surface area contributed by atoms with Gasteiger partial charge in [-0.25, -0.2) is 4.98 Å². The van der Waals surface area contributed by atoms with E-state index in [1.807, 2.05) is 6.20 Å². The van der Waals surface area contributed by atoms with Gasteiger partial charge in [0.2, 0.25) is 0 Å². The number of fused-ring (bicyclic) bond motifs is 1. The Morgan fingerprint density at radius 2 is 1.63 bits per heavy atom. The van der Waals surface area contributed by atoms with Crippen molar-refractivity contribution in [3.05, 3.63) is 65.6 Å². The van der Waals surface area contributed by atoms with Gasteiger partial charge in [-0.05, 0) is 67.3 Å². The fourth-order valence-electron chi connectivity index (χ4n) is 5.28. The molecule has 2 N–H and O–H groups in total. The third kappa shape index (κ3) is 4.81. The smallest absolute Gasteiger partial charge is 0.128 e. The Morgan fingerprint density at radius 1 is 0.914 bits per heavy atom. The highest BCUT2D eigenvalue weighted by molar-refractivity contribution is 5.94. The number of nitrogens with zero attached hydrogens (tertiary/aromatic N) is 4. The van der Waals surface area contributed by atoms with Gasteiger partial charge in [-0.3, -0.25) is 9.88 Å². The number of hydrogen-bond acceptors (Lipinski definition) is 5. The minimum atomic E-state index is 0.223. The Labute approximate surface area is 207 Å². The van der Waals surface area contributed by atoms with Crippen molar-refractivity contribution in [3.63, 3.8) is 0 Å². The van der Waals surface area contributed by atoms with E-state index in [0.29, 0.717) is 5.92 Å². The lowest BCUT2D eigenvalue weighted by atomic mass is 9.94. The van der Waals surface area contributed by atoms with E-state index in [1.165, 1.54) is 27.8 Å². The lowest BCUT2D eigenvalue weighted by Crippen LogP contribution is -2.47. The Morgan fingerprint density at radius 3 is 2.26 bits per heavy atom. The van der Waals surface area contributed by atoms with E-state index in [2.05, 4.69) is 89.9 Å². The summed E-state index contributed by atoms with van der Waals surface area (Å²) in [6, 6.07) is 15.3. The van der Waals surface area contributed by atoms with Crippen molar-refractivity contribution in [2.24, 2.45) is 0 Å². The summed E-state index contributed by atoms with van der Waals surface area (Å²) in [6.45, 7) is 13.4. The molecule has 6 nitrogen and oxygen atoms in total. The largest absolute Gasteiger partial charge is 0.395 e. The molecule has 0 bridgehead atoms. The minimum absolute atomic E-state index is 0.223. The van der Waals surface area contributed by atoms with Crippen molar-refractivity contribution in [2.75, 3.05) is 44.2 Å². The van der Waals surface area contributed by atoms with Gasteiger partial charge in [-0.1, -0.05) is 19.9 Å². The number of aromatic amines is 1. The highest BCUT2D eigenvalue weighted by Crippen LogP contribution is 2.37. The second kappa shape index (κ2) is 9.80. The van der Waals surface area contributed by atoms with E-state index < -0.39 is 0 Å². The van der Waals surface area contributed by atoms with Crippen LogP contribution in [0.3, 0.4) is 0 Å². The number of nitrogens with one attached hydrogen (secondary N) is 1. The maximum Gasteiger partial charge on any atom is 0.128 e. The van der Waals surface area contributed by atoms with E-state index in [0.717, 1.165) is 61.0 Å². The molecule has 0 atom stereocenters. The number of rotatable bonds is 6. The van der Waals surface area contributed by atoms with Gasteiger partial charge in [0, 0.05) is 72.3 Å². The summed E-state index contributed by atoms with van der Waals surface area (Å²) in [4.78, 5) is 17.7. The molecule has 5 rings (SSSR count). The maximum absolute atomic E-state index is 9.16. The Bertz CT molecular complexity index is 1300. The summed E-state index contributed by atoms with van der Waals surface area (Å²) in [5.74, 6) is 1.40.